The Morgan fingerprint density at radius 1 is 1.25 bits per heavy atom. The fourth-order valence-corrected chi connectivity index (χ4v) is 2.05. The fourth-order valence-electron chi connectivity index (χ4n) is 2.05. The maximum atomic E-state index is 13.1. The Morgan fingerprint density at radius 2 is 2.08 bits per heavy atom. The van der Waals surface area contributed by atoms with Crippen LogP contribution in [0.4, 0.5) is 4.39 Å². The number of guanidine groups is 1. The van der Waals surface area contributed by atoms with Crippen molar-refractivity contribution in [3.8, 4) is 5.75 Å². The molecule has 0 heterocycles. The topological polar surface area (TPSA) is 54.9 Å². The summed E-state index contributed by atoms with van der Waals surface area (Å²) in [5, 5.41) is 6.50. The van der Waals surface area contributed by atoms with Crippen LogP contribution in [0.15, 0.2) is 29.3 Å². The van der Waals surface area contributed by atoms with E-state index in [4.69, 9.17) is 9.47 Å². The van der Waals surface area contributed by atoms with E-state index in [0.29, 0.717) is 12.3 Å². The van der Waals surface area contributed by atoms with Crippen molar-refractivity contribution in [2.75, 3.05) is 32.8 Å². The average Bonchev–Trinajstić information content (AvgIpc) is 2.55. The highest BCUT2D eigenvalue weighted by atomic mass is 19.1. The van der Waals surface area contributed by atoms with E-state index in [1.165, 1.54) is 12.1 Å². The molecular formula is C18H30FN3O2. The Bertz CT molecular complexity index is 483. The van der Waals surface area contributed by atoms with Gasteiger partial charge in [-0.25, -0.2) is 9.38 Å². The molecule has 0 fully saturated rings. The summed E-state index contributed by atoms with van der Waals surface area (Å²) in [6.45, 7) is 9.64. The van der Waals surface area contributed by atoms with Crippen molar-refractivity contribution in [2.45, 2.75) is 39.7 Å². The smallest absolute Gasteiger partial charge is 0.191 e. The lowest BCUT2D eigenvalue weighted by Crippen LogP contribution is -2.38. The largest absolute Gasteiger partial charge is 0.489 e. The molecule has 0 saturated carbocycles. The van der Waals surface area contributed by atoms with Crippen molar-refractivity contribution in [3.63, 3.8) is 0 Å². The van der Waals surface area contributed by atoms with Crippen LogP contribution in [0.1, 0.15) is 33.6 Å². The second-order valence-corrected chi connectivity index (χ2v) is 5.44. The number of hydrogen-bond donors (Lipinski definition) is 2. The third-order valence-corrected chi connectivity index (χ3v) is 3.20. The maximum Gasteiger partial charge on any atom is 0.191 e. The lowest BCUT2D eigenvalue weighted by molar-refractivity contribution is 0.143. The third kappa shape index (κ3) is 9.35. The summed E-state index contributed by atoms with van der Waals surface area (Å²) in [6, 6.07) is 6.15. The fraction of sp³-hybridized carbons (Fsp3) is 0.611. The van der Waals surface area contributed by atoms with Crippen molar-refractivity contribution in [3.05, 3.63) is 30.1 Å². The number of unbranched alkanes of at least 4 members (excludes halogenated alkanes) is 1. The molecule has 0 aliphatic heterocycles. The summed E-state index contributed by atoms with van der Waals surface area (Å²) in [5.74, 6) is 0.987. The normalized spacial score (nSPS) is 12.8. The molecule has 24 heavy (non-hydrogen) atoms. The molecule has 0 spiro atoms. The summed E-state index contributed by atoms with van der Waals surface area (Å²) in [7, 11) is 0. The highest BCUT2D eigenvalue weighted by Gasteiger charge is 2.05. The number of halogens is 1. The zero-order valence-corrected chi connectivity index (χ0v) is 15.0. The summed E-state index contributed by atoms with van der Waals surface area (Å²) in [6.07, 6.45) is 1.92. The number of ether oxygens (including phenoxy) is 2. The minimum absolute atomic E-state index is 0.139. The van der Waals surface area contributed by atoms with Gasteiger partial charge in [0.25, 0.3) is 0 Å². The Morgan fingerprint density at radius 3 is 2.79 bits per heavy atom. The van der Waals surface area contributed by atoms with Gasteiger partial charge in [0.2, 0.25) is 0 Å². The first-order chi connectivity index (χ1) is 11.7. The van der Waals surface area contributed by atoms with E-state index in [1.54, 1.807) is 12.1 Å². The molecule has 0 saturated heterocycles. The first kappa shape index (κ1) is 20.2. The molecule has 1 aromatic rings. The summed E-state index contributed by atoms with van der Waals surface area (Å²) < 4.78 is 24.1. The van der Waals surface area contributed by atoms with Gasteiger partial charge in [0.1, 0.15) is 17.7 Å². The molecule has 0 aromatic heterocycles. The van der Waals surface area contributed by atoms with Crippen molar-refractivity contribution in [1.29, 1.82) is 0 Å². The minimum Gasteiger partial charge on any atom is -0.489 e. The molecular weight excluding hydrogens is 309 g/mol. The standard InChI is InChI=1S/C18H30FN3O2/c1-4-20-18(21-11-6-7-12-23-5-2)22-14-15(3)24-17-10-8-9-16(19)13-17/h8-10,13,15H,4-7,11-12,14H2,1-3H3,(H2,20,21,22). The Kier molecular flexibility index (Phi) is 10.6. The van der Waals surface area contributed by atoms with Gasteiger partial charge in [0.05, 0.1) is 6.54 Å². The van der Waals surface area contributed by atoms with Crippen LogP contribution >= 0.6 is 0 Å². The molecule has 6 heteroatoms. The van der Waals surface area contributed by atoms with Crippen molar-refractivity contribution in [1.82, 2.24) is 10.6 Å². The Hall–Kier alpha value is -1.82. The Labute approximate surface area is 144 Å². The molecule has 0 bridgehead atoms. The van der Waals surface area contributed by atoms with E-state index in [0.717, 1.165) is 45.1 Å². The predicted octanol–water partition coefficient (Wildman–Crippen LogP) is 2.96. The van der Waals surface area contributed by atoms with Crippen LogP contribution in [-0.2, 0) is 4.74 Å². The SMILES string of the molecule is CCNC(=NCC(C)Oc1cccc(F)c1)NCCCCOCC. The van der Waals surface area contributed by atoms with Crippen LogP contribution in [0.3, 0.4) is 0 Å². The predicted molar refractivity (Wildman–Crippen MR) is 96.2 cm³/mol. The summed E-state index contributed by atoms with van der Waals surface area (Å²) in [4.78, 5) is 4.51. The molecule has 0 amide bonds. The monoisotopic (exact) mass is 339 g/mol. The number of nitrogens with one attached hydrogen (secondary N) is 2. The molecule has 0 aliphatic rings. The first-order valence-electron chi connectivity index (χ1n) is 8.67. The molecule has 1 atom stereocenters. The summed E-state index contributed by atoms with van der Waals surface area (Å²) in [5.41, 5.74) is 0. The van der Waals surface area contributed by atoms with Crippen molar-refractivity contribution < 1.29 is 13.9 Å². The van der Waals surface area contributed by atoms with Crippen molar-refractivity contribution in [2.24, 2.45) is 4.99 Å². The zero-order chi connectivity index (χ0) is 17.6. The lowest BCUT2D eigenvalue weighted by Gasteiger charge is -2.15. The molecule has 2 N–H and O–H groups in total. The minimum atomic E-state index is -0.301. The average molecular weight is 339 g/mol. The van der Waals surface area contributed by atoms with E-state index < -0.39 is 0 Å². The number of aliphatic imine (C=N–C) groups is 1. The molecule has 5 nitrogen and oxygen atoms in total. The van der Waals surface area contributed by atoms with E-state index in [1.807, 2.05) is 20.8 Å². The third-order valence-electron chi connectivity index (χ3n) is 3.20. The van der Waals surface area contributed by atoms with E-state index in [9.17, 15) is 4.39 Å². The number of rotatable bonds is 11. The van der Waals surface area contributed by atoms with Crippen LogP contribution in [-0.4, -0.2) is 44.9 Å². The van der Waals surface area contributed by atoms with Crippen molar-refractivity contribution >= 4 is 5.96 Å². The zero-order valence-electron chi connectivity index (χ0n) is 15.0. The van der Waals surface area contributed by atoms with Gasteiger partial charge in [-0.2, -0.15) is 0 Å². The highest BCUT2D eigenvalue weighted by Crippen LogP contribution is 2.13. The molecule has 136 valence electrons. The van der Waals surface area contributed by atoms with E-state index in [-0.39, 0.29) is 11.9 Å². The lowest BCUT2D eigenvalue weighted by atomic mass is 10.3. The van der Waals surface area contributed by atoms with Crippen LogP contribution < -0.4 is 15.4 Å². The number of nitrogens with zero attached hydrogens (tertiary/aromatic N) is 1. The van der Waals surface area contributed by atoms with Gasteiger partial charge in [-0.3, -0.25) is 0 Å². The van der Waals surface area contributed by atoms with Crippen LogP contribution in [0.25, 0.3) is 0 Å². The highest BCUT2D eigenvalue weighted by molar-refractivity contribution is 5.79. The Balaban J connectivity index is 2.35. The van der Waals surface area contributed by atoms with Gasteiger partial charge in [0, 0.05) is 32.4 Å². The molecule has 1 unspecified atom stereocenters. The van der Waals surface area contributed by atoms with E-state index in [2.05, 4.69) is 15.6 Å². The van der Waals surface area contributed by atoms with Crippen LogP contribution in [0.2, 0.25) is 0 Å². The van der Waals surface area contributed by atoms with Crippen LogP contribution in [0.5, 0.6) is 5.75 Å². The quantitative estimate of drug-likeness (QED) is 0.370. The van der Waals surface area contributed by atoms with Gasteiger partial charge in [-0.05, 0) is 45.7 Å². The van der Waals surface area contributed by atoms with Gasteiger partial charge in [0.15, 0.2) is 5.96 Å². The second-order valence-electron chi connectivity index (χ2n) is 5.44. The summed E-state index contributed by atoms with van der Waals surface area (Å²) >= 11 is 0. The molecule has 1 rings (SSSR count). The first-order valence-corrected chi connectivity index (χ1v) is 8.67. The second kappa shape index (κ2) is 12.6. The number of hydrogen-bond acceptors (Lipinski definition) is 3. The van der Waals surface area contributed by atoms with E-state index >= 15 is 0 Å². The van der Waals surface area contributed by atoms with Gasteiger partial charge in [-0.15, -0.1) is 0 Å². The van der Waals surface area contributed by atoms with Gasteiger partial charge in [-0.1, -0.05) is 6.07 Å². The number of benzene rings is 1. The van der Waals surface area contributed by atoms with Crippen LogP contribution in [0, 0.1) is 5.82 Å². The molecule has 0 aliphatic carbocycles. The maximum absolute atomic E-state index is 13.1. The van der Waals surface area contributed by atoms with Gasteiger partial charge < -0.3 is 20.1 Å². The molecule has 1 aromatic carbocycles. The van der Waals surface area contributed by atoms with Gasteiger partial charge >= 0.3 is 0 Å². The molecule has 0 radical (unpaired) electrons.